The van der Waals surface area contributed by atoms with Crippen molar-refractivity contribution in [3.05, 3.63) is 54.4 Å². The molecule has 0 saturated heterocycles. The van der Waals surface area contributed by atoms with Gasteiger partial charge in [0.25, 0.3) is 5.91 Å². The number of benzene rings is 1. The zero-order chi connectivity index (χ0) is 12.3. The SMILES string of the molecule is CN(C(=O)c1ccccc1O)c1ccncc1. The molecule has 1 amide bonds. The lowest BCUT2D eigenvalue weighted by Gasteiger charge is -2.17. The average molecular weight is 228 g/mol. The van der Waals surface area contributed by atoms with Crippen molar-refractivity contribution < 1.29 is 9.90 Å². The summed E-state index contributed by atoms with van der Waals surface area (Å²) < 4.78 is 0. The average Bonchev–Trinajstić information content (AvgIpc) is 2.39. The zero-order valence-corrected chi connectivity index (χ0v) is 9.37. The van der Waals surface area contributed by atoms with E-state index in [4.69, 9.17) is 0 Å². The molecule has 0 unspecified atom stereocenters. The summed E-state index contributed by atoms with van der Waals surface area (Å²) in [6.45, 7) is 0. The van der Waals surface area contributed by atoms with Gasteiger partial charge in [0.05, 0.1) is 5.56 Å². The van der Waals surface area contributed by atoms with Crippen LogP contribution in [-0.4, -0.2) is 23.0 Å². The number of pyridine rings is 1. The number of anilines is 1. The third-order valence-electron chi connectivity index (χ3n) is 2.49. The first-order valence-electron chi connectivity index (χ1n) is 5.16. The number of hydrogen-bond donors (Lipinski definition) is 1. The Kier molecular flexibility index (Phi) is 3.05. The van der Waals surface area contributed by atoms with Gasteiger partial charge in [-0.05, 0) is 24.3 Å². The molecule has 0 aliphatic heterocycles. The first-order chi connectivity index (χ1) is 8.20. The lowest BCUT2D eigenvalue weighted by molar-refractivity contribution is 0.0990. The summed E-state index contributed by atoms with van der Waals surface area (Å²) in [5, 5.41) is 9.62. The number of para-hydroxylation sites is 1. The Morgan fingerprint density at radius 2 is 1.82 bits per heavy atom. The summed E-state index contributed by atoms with van der Waals surface area (Å²) in [4.78, 5) is 17.5. The predicted molar refractivity (Wildman–Crippen MR) is 65.1 cm³/mol. The smallest absolute Gasteiger partial charge is 0.261 e. The quantitative estimate of drug-likeness (QED) is 0.856. The molecule has 17 heavy (non-hydrogen) atoms. The van der Waals surface area contributed by atoms with Crippen molar-refractivity contribution in [1.29, 1.82) is 0 Å². The van der Waals surface area contributed by atoms with E-state index in [0.29, 0.717) is 0 Å². The highest BCUT2D eigenvalue weighted by molar-refractivity contribution is 6.07. The van der Waals surface area contributed by atoms with Crippen LogP contribution in [0.3, 0.4) is 0 Å². The minimum atomic E-state index is -0.255. The number of carbonyl (C=O) groups is 1. The van der Waals surface area contributed by atoms with Crippen LogP contribution in [0.4, 0.5) is 5.69 Å². The van der Waals surface area contributed by atoms with Crippen molar-refractivity contribution in [3.63, 3.8) is 0 Å². The Morgan fingerprint density at radius 3 is 2.47 bits per heavy atom. The van der Waals surface area contributed by atoms with Crippen LogP contribution in [0.1, 0.15) is 10.4 Å². The maximum absolute atomic E-state index is 12.1. The van der Waals surface area contributed by atoms with Crippen LogP contribution in [0, 0.1) is 0 Å². The van der Waals surface area contributed by atoms with E-state index in [1.54, 1.807) is 49.8 Å². The van der Waals surface area contributed by atoms with Crippen LogP contribution in [0.2, 0.25) is 0 Å². The first kappa shape index (κ1) is 11.1. The molecule has 1 aromatic carbocycles. The topological polar surface area (TPSA) is 53.4 Å². The predicted octanol–water partition coefficient (Wildman–Crippen LogP) is 2.06. The minimum Gasteiger partial charge on any atom is -0.507 e. The number of rotatable bonds is 2. The minimum absolute atomic E-state index is 0.0154. The fourth-order valence-corrected chi connectivity index (χ4v) is 1.52. The number of carbonyl (C=O) groups excluding carboxylic acids is 1. The van der Waals surface area contributed by atoms with Gasteiger partial charge in [-0.15, -0.1) is 0 Å². The lowest BCUT2D eigenvalue weighted by Crippen LogP contribution is -2.26. The second kappa shape index (κ2) is 4.65. The second-order valence-corrected chi connectivity index (χ2v) is 3.59. The summed E-state index contributed by atoms with van der Waals surface area (Å²) >= 11 is 0. The number of phenols is 1. The summed E-state index contributed by atoms with van der Waals surface area (Å²) in [5.74, 6) is -0.271. The van der Waals surface area contributed by atoms with Gasteiger partial charge >= 0.3 is 0 Å². The van der Waals surface area contributed by atoms with Gasteiger partial charge < -0.3 is 10.0 Å². The molecule has 1 aromatic heterocycles. The molecule has 4 heteroatoms. The zero-order valence-electron chi connectivity index (χ0n) is 9.37. The molecule has 0 spiro atoms. The van der Waals surface area contributed by atoms with Crippen LogP contribution in [0.15, 0.2) is 48.8 Å². The first-order valence-corrected chi connectivity index (χ1v) is 5.16. The second-order valence-electron chi connectivity index (χ2n) is 3.59. The summed E-state index contributed by atoms with van der Waals surface area (Å²) in [5.41, 5.74) is 1.01. The number of amides is 1. The summed E-state index contributed by atoms with van der Waals surface area (Å²) in [6, 6.07) is 9.95. The van der Waals surface area contributed by atoms with E-state index in [-0.39, 0.29) is 17.2 Å². The van der Waals surface area contributed by atoms with Gasteiger partial charge in [0.2, 0.25) is 0 Å². The van der Waals surface area contributed by atoms with Crippen molar-refractivity contribution in [3.8, 4) is 5.75 Å². The van der Waals surface area contributed by atoms with Crippen molar-refractivity contribution in [2.75, 3.05) is 11.9 Å². The Bertz CT molecular complexity index is 526. The molecule has 1 N–H and O–H groups in total. The Morgan fingerprint density at radius 1 is 1.18 bits per heavy atom. The van der Waals surface area contributed by atoms with E-state index in [1.807, 2.05) is 0 Å². The van der Waals surface area contributed by atoms with Crippen molar-refractivity contribution in [2.24, 2.45) is 0 Å². The molecule has 0 fully saturated rings. The maximum atomic E-state index is 12.1. The molecular weight excluding hydrogens is 216 g/mol. The lowest BCUT2D eigenvalue weighted by atomic mass is 10.1. The standard InChI is InChI=1S/C13H12N2O2/c1-15(10-6-8-14-9-7-10)13(17)11-4-2-3-5-12(11)16/h2-9,16H,1H3. The van der Waals surface area contributed by atoms with E-state index in [9.17, 15) is 9.90 Å². The summed E-state index contributed by atoms with van der Waals surface area (Å²) in [6.07, 6.45) is 3.23. The fourth-order valence-electron chi connectivity index (χ4n) is 1.52. The number of aromatic hydroxyl groups is 1. The van der Waals surface area contributed by atoms with E-state index >= 15 is 0 Å². The van der Waals surface area contributed by atoms with Crippen molar-refractivity contribution in [2.45, 2.75) is 0 Å². The third kappa shape index (κ3) is 2.25. The Labute approximate surface area is 99.2 Å². The van der Waals surface area contributed by atoms with Crippen LogP contribution < -0.4 is 4.90 Å². The van der Waals surface area contributed by atoms with Crippen LogP contribution >= 0.6 is 0 Å². The molecule has 0 aliphatic rings. The van der Waals surface area contributed by atoms with Gasteiger partial charge in [-0.2, -0.15) is 0 Å². The Balaban J connectivity index is 2.30. The third-order valence-corrected chi connectivity index (χ3v) is 2.49. The largest absolute Gasteiger partial charge is 0.507 e. The maximum Gasteiger partial charge on any atom is 0.261 e. The highest BCUT2D eigenvalue weighted by atomic mass is 16.3. The van der Waals surface area contributed by atoms with E-state index in [2.05, 4.69) is 4.98 Å². The number of nitrogens with zero attached hydrogens (tertiary/aromatic N) is 2. The van der Waals surface area contributed by atoms with Crippen LogP contribution in [0.5, 0.6) is 5.75 Å². The van der Waals surface area contributed by atoms with Crippen molar-refractivity contribution in [1.82, 2.24) is 4.98 Å². The van der Waals surface area contributed by atoms with Gasteiger partial charge in [0.1, 0.15) is 5.75 Å². The number of phenolic OH excluding ortho intramolecular Hbond substituents is 1. The Hall–Kier alpha value is -2.36. The molecule has 2 aromatic rings. The van der Waals surface area contributed by atoms with Gasteiger partial charge in [-0.3, -0.25) is 9.78 Å². The van der Waals surface area contributed by atoms with Gasteiger partial charge in [0.15, 0.2) is 0 Å². The van der Waals surface area contributed by atoms with Gasteiger partial charge in [-0.25, -0.2) is 0 Å². The highest BCUT2D eigenvalue weighted by Gasteiger charge is 2.16. The molecule has 0 saturated carbocycles. The normalized spacial score (nSPS) is 9.94. The highest BCUT2D eigenvalue weighted by Crippen LogP contribution is 2.20. The van der Waals surface area contributed by atoms with Crippen LogP contribution in [-0.2, 0) is 0 Å². The van der Waals surface area contributed by atoms with E-state index in [0.717, 1.165) is 5.69 Å². The van der Waals surface area contributed by atoms with E-state index < -0.39 is 0 Å². The molecule has 0 atom stereocenters. The fraction of sp³-hybridized carbons (Fsp3) is 0.0769. The summed E-state index contributed by atoms with van der Waals surface area (Å²) in [7, 11) is 1.66. The molecule has 4 nitrogen and oxygen atoms in total. The monoisotopic (exact) mass is 228 g/mol. The van der Waals surface area contributed by atoms with Gasteiger partial charge in [-0.1, -0.05) is 12.1 Å². The molecule has 1 heterocycles. The van der Waals surface area contributed by atoms with E-state index in [1.165, 1.54) is 11.0 Å². The number of aromatic nitrogens is 1. The van der Waals surface area contributed by atoms with Crippen molar-refractivity contribution >= 4 is 11.6 Å². The molecule has 86 valence electrons. The van der Waals surface area contributed by atoms with Crippen LogP contribution in [0.25, 0.3) is 0 Å². The molecule has 2 rings (SSSR count). The van der Waals surface area contributed by atoms with Gasteiger partial charge in [0, 0.05) is 25.1 Å². The molecule has 0 aliphatic carbocycles. The molecular formula is C13H12N2O2. The molecule has 0 bridgehead atoms. The number of hydrogen-bond acceptors (Lipinski definition) is 3. The molecule has 0 radical (unpaired) electrons.